The predicted molar refractivity (Wildman–Crippen MR) is 100 cm³/mol. The van der Waals surface area contributed by atoms with Gasteiger partial charge in [-0.3, -0.25) is 14.7 Å². The zero-order chi connectivity index (χ0) is 18.5. The molecule has 4 rings (SSSR count). The molecule has 2 saturated heterocycles. The van der Waals surface area contributed by atoms with E-state index in [0.717, 1.165) is 38.5 Å². The van der Waals surface area contributed by atoms with Crippen LogP contribution in [0, 0.1) is 0 Å². The maximum absolute atomic E-state index is 12.7. The molecule has 0 aliphatic carbocycles. The molecule has 2 aliphatic rings. The Morgan fingerprint density at radius 2 is 1.67 bits per heavy atom. The second-order valence-corrected chi connectivity index (χ2v) is 6.80. The molecule has 0 N–H and O–H groups in total. The Morgan fingerprint density at radius 3 is 2.33 bits per heavy atom. The van der Waals surface area contributed by atoms with E-state index in [4.69, 9.17) is 4.74 Å². The van der Waals surface area contributed by atoms with Gasteiger partial charge in [-0.2, -0.15) is 0 Å². The van der Waals surface area contributed by atoms with Crippen LogP contribution in [0.5, 0.6) is 0 Å². The third kappa shape index (κ3) is 4.40. The lowest BCUT2D eigenvalue weighted by Gasteiger charge is -2.34. The smallest absolute Gasteiger partial charge is 0.274 e. The summed E-state index contributed by atoms with van der Waals surface area (Å²) in [6.07, 6.45) is 3.63. The third-order valence-electron chi connectivity index (χ3n) is 5.02. The van der Waals surface area contributed by atoms with Crippen LogP contribution >= 0.6 is 0 Å². The molecular weight excluding hydrogens is 344 g/mol. The van der Waals surface area contributed by atoms with E-state index in [0.29, 0.717) is 32.0 Å². The highest BCUT2D eigenvalue weighted by atomic mass is 16.5. The fraction of sp³-hybridized carbons (Fsp3) is 0.474. The summed E-state index contributed by atoms with van der Waals surface area (Å²) < 4.78 is 5.35. The largest absolute Gasteiger partial charge is 0.378 e. The van der Waals surface area contributed by atoms with Crippen molar-refractivity contribution >= 4 is 11.7 Å². The van der Waals surface area contributed by atoms with Gasteiger partial charge in [-0.25, -0.2) is 0 Å². The first-order chi connectivity index (χ1) is 13.3. The van der Waals surface area contributed by atoms with E-state index >= 15 is 0 Å². The standard InChI is InChI=1S/C19H24N6O2/c26-19(17-1-2-18(22-21-17)24-11-13-27-14-12-24)25-9-7-23(8-10-25)15-16-3-5-20-6-4-16/h1-6H,7-15H2. The van der Waals surface area contributed by atoms with Gasteiger partial charge in [-0.1, -0.05) is 0 Å². The summed E-state index contributed by atoms with van der Waals surface area (Å²) in [6.45, 7) is 7.02. The Bertz CT molecular complexity index is 741. The van der Waals surface area contributed by atoms with Crippen LogP contribution in [0.15, 0.2) is 36.7 Å². The number of aromatic nitrogens is 3. The van der Waals surface area contributed by atoms with Crippen molar-refractivity contribution in [3.05, 3.63) is 47.9 Å². The number of nitrogens with zero attached hydrogens (tertiary/aromatic N) is 6. The Morgan fingerprint density at radius 1 is 0.926 bits per heavy atom. The van der Waals surface area contributed by atoms with E-state index < -0.39 is 0 Å². The van der Waals surface area contributed by atoms with Crippen molar-refractivity contribution in [2.75, 3.05) is 57.4 Å². The van der Waals surface area contributed by atoms with Crippen molar-refractivity contribution in [1.29, 1.82) is 0 Å². The molecule has 8 heteroatoms. The lowest BCUT2D eigenvalue weighted by Crippen LogP contribution is -2.48. The van der Waals surface area contributed by atoms with Crippen LogP contribution in [0.25, 0.3) is 0 Å². The van der Waals surface area contributed by atoms with Gasteiger partial charge in [0.1, 0.15) is 0 Å². The number of carbonyl (C=O) groups is 1. The Hall–Kier alpha value is -2.58. The summed E-state index contributed by atoms with van der Waals surface area (Å²) in [5.41, 5.74) is 1.66. The molecule has 0 aromatic carbocycles. The molecule has 2 aromatic rings. The number of piperazine rings is 1. The normalized spacial score (nSPS) is 18.5. The van der Waals surface area contributed by atoms with Crippen molar-refractivity contribution in [2.45, 2.75) is 6.54 Å². The van der Waals surface area contributed by atoms with E-state index in [2.05, 4.69) is 25.0 Å². The number of rotatable bonds is 4. The molecule has 0 atom stereocenters. The Balaban J connectivity index is 1.31. The number of hydrogen-bond acceptors (Lipinski definition) is 7. The van der Waals surface area contributed by atoms with Crippen LogP contribution in [0.2, 0.25) is 0 Å². The van der Waals surface area contributed by atoms with Crippen molar-refractivity contribution in [1.82, 2.24) is 25.0 Å². The average molecular weight is 368 g/mol. The van der Waals surface area contributed by atoms with Gasteiger partial charge in [-0.15, -0.1) is 10.2 Å². The molecule has 142 valence electrons. The van der Waals surface area contributed by atoms with Gasteiger partial charge in [-0.05, 0) is 29.8 Å². The van der Waals surface area contributed by atoms with Crippen LogP contribution in [0.4, 0.5) is 5.82 Å². The molecule has 0 saturated carbocycles. The second kappa shape index (κ2) is 8.41. The van der Waals surface area contributed by atoms with Crippen LogP contribution < -0.4 is 4.90 Å². The van der Waals surface area contributed by atoms with Gasteiger partial charge in [0.25, 0.3) is 5.91 Å². The summed E-state index contributed by atoms with van der Waals surface area (Å²) in [6, 6.07) is 7.72. The Kier molecular flexibility index (Phi) is 5.55. The van der Waals surface area contributed by atoms with Crippen molar-refractivity contribution in [3.8, 4) is 0 Å². The molecule has 2 aliphatic heterocycles. The van der Waals surface area contributed by atoms with Crippen LogP contribution in [0.3, 0.4) is 0 Å². The predicted octanol–water partition coefficient (Wildman–Crippen LogP) is 0.666. The van der Waals surface area contributed by atoms with Gasteiger partial charge in [0.15, 0.2) is 11.5 Å². The first-order valence-corrected chi connectivity index (χ1v) is 9.36. The molecular formula is C19H24N6O2. The number of amides is 1. The number of anilines is 1. The highest BCUT2D eigenvalue weighted by Gasteiger charge is 2.23. The average Bonchev–Trinajstić information content (AvgIpc) is 2.75. The molecule has 2 aromatic heterocycles. The van der Waals surface area contributed by atoms with Gasteiger partial charge in [0.05, 0.1) is 13.2 Å². The van der Waals surface area contributed by atoms with Crippen LogP contribution in [-0.2, 0) is 11.3 Å². The molecule has 0 radical (unpaired) electrons. The van der Waals surface area contributed by atoms with Gasteiger partial charge < -0.3 is 14.5 Å². The SMILES string of the molecule is O=C(c1ccc(N2CCOCC2)nn1)N1CCN(Cc2ccncc2)CC1. The lowest BCUT2D eigenvalue weighted by molar-refractivity contribution is 0.0621. The minimum absolute atomic E-state index is 0.0420. The second-order valence-electron chi connectivity index (χ2n) is 6.80. The fourth-order valence-corrected chi connectivity index (χ4v) is 3.42. The van der Waals surface area contributed by atoms with E-state index in [1.165, 1.54) is 5.56 Å². The maximum atomic E-state index is 12.7. The zero-order valence-corrected chi connectivity index (χ0v) is 15.3. The number of morpholine rings is 1. The monoisotopic (exact) mass is 368 g/mol. The van der Waals surface area contributed by atoms with Gasteiger partial charge in [0, 0.05) is 58.2 Å². The summed E-state index contributed by atoms with van der Waals surface area (Å²) in [5, 5.41) is 8.42. The van der Waals surface area contributed by atoms with Gasteiger partial charge >= 0.3 is 0 Å². The highest BCUT2D eigenvalue weighted by molar-refractivity contribution is 5.92. The summed E-state index contributed by atoms with van der Waals surface area (Å²) in [5.74, 6) is 0.761. The maximum Gasteiger partial charge on any atom is 0.274 e. The van der Waals surface area contributed by atoms with Crippen molar-refractivity contribution < 1.29 is 9.53 Å². The quantitative estimate of drug-likeness (QED) is 0.785. The fourth-order valence-electron chi connectivity index (χ4n) is 3.42. The van der Waals surface area contributed by atoms with E-state index in [1.807, 2.05) is 35.5 Å². The first-order valence-electron chi connectivity index (χ1n) is 9.36. The van der Waals surface area contributed by atoms with Crippen molar-refractivity contribution in [2.24, 2.45) is 0 Å². The lowest BCUT2D eigenvalue weighted by atomic mass is 10.2. The molecule has 1 amide bonds. The van der Waals surface area contributed by atoms with Crippen molar-refractivity contribution in [3.63, 3.8) is 0 Å². The minimum Gasteiger partial charge on any atom is -0.378 e. The molecule has 4 heterocycles. The molecule has 0 unspecified atom stereocenters. The molecule has 2 fully saturated rings. The van der Waals surface area contributed by atoms with Crippen LogP contribution in [-0.4, -0.2) is 83.4 Å². The third-order valence-corrected chi connectivity index (χ3v) is 5.02. The topological polar surface area (TPSA) is 74.7 Å². The minimum atomic E-state index is -0.0420. The number of ether oxygens (including phenoxy) is 1. The van der Waals surface area contributed by atoms with E-state index in [-0.39, 0.29) is 5.91 Å². The van der Waals surface area contributed by atoms with E-state index in [9.17, 15) is 4.79 Å². The van der Waals surface area contributed by atoms with E-state index in [1.54, 1.807) is 6.07 Å². The number of carbonyl (C=O) groups excluding carboxylic acids is 1. The first kappa shape index (κ1) is 17.8. The molecule has 0 spiro atoms. The molecule has 27 heavy (non-hydrogen) atoms. The number of pyridine rings is 1. The molecule has 8 nitrogen and oxygen atoms in total. The zero-order valence-electron chi connectivity index (χ0n) is 15.3. The van der Waals surface area contributed by atoms with Gasteiger partial charge in [0.2, 0.25) is 0 Å². The summed E-state index contributed by atoms with van der Waals surface area (Å²) in [4.78, 5) is 23.1. The molecule has 0 bridgehead atoms. The Labute approximate surface area is 158 Å². The highest BCUT2D eigenvalue weighted by Crippen LogP contribution is 2.14. The summed E-state index contributed by atoms with van der Waals surface area (Å²) in [7, 11) is 0. The van der Waals surface area contributed by atoms with Crippen LogP contribution in [0.1, 0.15) is 16.1 Å². The summed E-state index contributed by atoms with van der Waals surface area (Å²) >= 11 is 0. The number of hydrogen-bond donors (Lipinski definition) is 0.